The van der Waals surface area contributed by atoms with Gasteiger partial charge in [-0.15, -0.1) is 0 Å². The fourth-order valence-electron chi connectivity index (χ4n) is 4.46. The van der Waals surface area contributed by atoms with Crippen LogP contribution < -0.4 is 9.62 Å². The first-order chi connectivity index (χ1) is 15.6. The number of sulfonamides is 1. The van der Waals surface area contributed by atoms with E-state index < -0.39 is 16.1 Å². The minimum absolute atomic E-state index is 0.389. The molecule has 7 heteroatoms. The van der Waals surface area contributed by atoms with Gasteiger partial charge in [0.2, 0.25) is 15.9 Å². The van der Waals surface area contributed by atoms with E-state index >= 15 is 0 Å². The summed E-state index contributed by atoms with van der Waals surface area (Å²) in [6.45, 7) is 8.30. The first-order valence-corrected chi connectivity index (χ1v) is 12.8. The number of amides is 1. The number of para-hydroxylation sites is 1. The predicted octanol–water partition coefficient (Wildman–Crippen LogP) is 5.22. The largest absolute Gasteiger partial charge is 0.341 e. The fraction of sp³-hybridized carbons (Fsp3) is 0.269. The van der Waals surface area contributed by atoms with Crippen LogP contribution in [-0.2, 0) is 21.4 Å². The van der Waals surface area contributed by atoms with Crippen LogP contribution in [-0.4, -0.2) is 31.2 Å². The fourth-order valence-corrected chi connectivity index (χ4v) is 5.68. The molecular weight excluding hydrogens is 434 g/mol. The molecule has 4 aromatic rings. The average molecular weight is 464 g/mol. The molecule has 1 aromatic heterocycles. The van der Waals surface area contributed by atoms with E-state index in [1.807, 2.05) is 56.3 Å². The van der Waals surface area contributed by atoms with Crippen LogP contribution in [0, 0.1) is 13.8 Å². The van der Waals surface area contributed by atoms with Gasteiger partial charge in [0.1, 0.15) is 6.04 Å². The molecule has 0 aliphatic heterocycles. The Morgan fingerprint density at radius 1 is 1.00 bits per heavy atom. The molecule has 0 aliphatic rings. The first kappa shape index (κ1) is 22.9. The van der Waals surface area contributed by atoms with Crippen LogP contribution in [0.1, 0.15) is 25.0 Å². The molecule has 1 heterocycles. The third kappa shape index (κ3) is 4.20. The number of benzene rings is 3. The number of hydrogen-bond donors (Lipinski definition) is 1. The number of anilines is 2. The molecule has 1 atom stereocenters. The van der Waals surface area contributed by atoms with Crippen LogP contribution in [0.3, 0.4) is 0 Å². The highest BCUT2D eigenvalue weighted by molar-refractivity contribution is 7.92. The second-order valence-electron chi connectivity index (χ2n) is 8.51. The van der Waals surface area contributed by atoms with Gasteiger partial charge in [0.05, 0.1) is 11.9 Å². The Hall–Kier alpha value is -3.32. The van der Waals surface area contributed by atoms with Crippen LogP contribution in [0.2, 0.25) is 0 Å². The predicted molar refractivity (Wildman–Crippen MR) is 136 cm³/mol. The van der Waals surface area contributed by atoms with E-state index in [-0.39, 0.29) is 5.91 Å². The van der Waals surface area contributed by atoms with Gasteiger partial charge in [-0.3, -0.25) is 9.10 Å². The van der Waals surface area contributed by atoms with Gasteiger partial charge in [-0.1, -0.05) is 30.3 Å². The molecule has 0 radical (unpaired) electrons. The van der Waals surface area contributed by atoms with Gasteiger partial charge in [0.15, 0.2) is 0 Å². The first-order valence-electron chi connectivity index (χ1n) is 11.0. The average Bonchev–Trinajstić information content (AvgIpc) is 3.08. The summed E-state index contributed by atoms with van der Waals surface area (Å²) in [5, 5.41) is 5.09. The molecule has 0 saturated carbocycles. The van der Waals surface area contributed by atoms with E-state index in [2.05, 4.69) is 28.9 Å². The topological polar surface area (TPSA) is 71.4 Å². The molecule has 3 aromatic carbocycles. The molecule has 0 fully saturated rings. The van der Waals surface area contributed by atoms with E-state index in [1.165, 1.54) is 4.31 Å². The summed E-state index contributed by atoms with van der Waals surface area (Å²) in [5.41, 5.74) is 5.10. The van der Waals surface area contributed by atoms with Crippen LogP contribution in [0.15, 0.2) is 60.7 Å². The van der Waals surface area contributed by atoms with Crippen molar-refractivity contribution in [3.63, 3.8) is 0 Å². The zero-order valence-corrected chi connectivity index (χ0v) is 20.4. The molecule has 0 saturated heterocycles. The Balaban J connectivity index is 1.70. The standard InChI is InChI=1S/C26H29N3O3S/c1-6-28-23-10-8-7-9-21(23)22-16-20(13-14-24(22)28)27-26(30)19(4)29(33(5,31)32)25-15-17(2)11-12-18(25)3/h7-16,19H,6H2,1-5H3,(H,27,30). The van der Waals surface area contributed by atoms with Gasteiger partial charge in [0.25, 0.3) is 0 Å². The van der Waals surface area contributed by atoms with Gasteiger partial charge >= 0.3 is 0 Å². The maximum Gasteiger partial charge on any atom is 0.247 e. The highest BCUT2D eigenvalue weighted by Gasteiger charge is 2.30. The number of aryl methyl sites for hydroxylation is 3. The second kappa shape index (κ2) is 8.56. The molecule has 0 bridgehead atoms. The van der Waals surface area contributed by atoms with Crippen molar-refractivity contribution in [1.82, 2.24) is 4.57 Å². The summed E-state index contributed by atoms with van der Waals surface area (Å²) < 4.78 is 28.8. The molecule has 6 nitrogen and oxygen atoms in total. The number of hydrogen-bond acceptors (Lipinski definition) is 3. The van der Waals surface area contributed by atoms with Crippen LogP contribution in [0.4, 0.5) is 11.4 Å². The van der Waals surface area contributed by atoms with Crippen molar-refractivity contribution in [2.75, 3.05) is 15.9 Å². The van der Waals surface area contributed by atoms with E-state index in [9.17, 15) is 13.2 Å². The highest BCUT2D eigenvalue weighted by Crippen LogP contribution is 2.31. The monoisotopic (exact) mass is 463 g/mol. The minimum Gasteiger partial charge on any atom is -0.341 e. The number of fused-ring (bicyclic) bond motifs is 3. The lowest BCUT2D eigenvalue weighted by Crippen LogP contribution is -2.45. The number of aromatic nitrogens is 1. The molecule has 1 unspecified atom stereocenters. The zero-order valence-electron chi connectivity index (χ0n) is 19.6. The van der Waals surface area contributed by atoms with Crippen molar-refractivity contribution < 1.29 is 13.2 Å². The Morgan fingerprint density at radius 2 is 1.70 bits per heavy atom. The third-order valence-electron chi connectivity index (χ3n) is 6.05. The molecule has 33 heavy (non-hydrogen) atoms. The molecule has 172 valence electrons. The number of carbonyl (C=O) groups excluding carboxylic acids is 1. The quantitative estimate of drug-likeness (QED) is 0.426. The summed E-state index contributed by atoms with van der Waals surface area (Å²) in [4.78, 5) is 13.2. The van der Waals surface area contributed by atoms with Gasteiger partial charge in [-0.05, 0) is 69.2 Å². The lowest BCUT2D eigenvalue weighted by molar-refractivity contribution is -0.116. The van der Waals surface area contributed by atoms with Crippen molar-refractivity contribution >= 4 is 49.1 Å². The number of rotatable bonds is 6. The molecule has 1 amide bonds. The molecular formula is C26H29N3O3S. The van der Waals surface area contributed by atoms with Gasteiger partial charge in [0, 0.05) is 34.0 Å². The smallest absolute Gasteiger partial charge is 0.247 e. The van der Waals surface area contributed by atoms with Crippen LogP contribution in [0.25, 0.3) is 21.8 Å². The third-order valence-corrected chi connectivity index (χ3v) is 7.27. The van der Waals surface area contributed by atoms with Crippen molar-refractivity contribution in [1.29, 1.82) is 0 Å². The summed E-state index contributed by atoms with van der Waals surface area (Å²) in [7, 11) is -3.69. The summed E-state index contributed by atoms with van der Waals surface area (Å²) in [6, 6.07) is 18.7. The molecule has 4 rings (SSSR count). The van der Waals surface area contributed by atoms with Crippen molar-refractivity contribution in [2.45, 2.75) is 40.3 Å². The SMILES string of the molecule is CCn1c2ccccc2c2cc(NC(=O)C(C)N(c3cc(C)ccc3C)S(C)(=O)=O)ccc21. The van der Waals surface area contributed by atoms with E-state index in [4.69, 9.17) is 0 Å². The maximum absolute atomic E-state index is 13.2. The minimum atomic E-state index is -3.69. The van der Waals surface area contributed by atoms with E-state index in [1.54, 1.807) is 13.0 Å². The number of nitrogens with zero attached hydrogens (tertiary/aromatic N) is 2. The molecule has 0 spiro atoms. The summed E-state index contributed by atoms with van der Waals surface area (Å²) >= 11 is 0. The zero-order chi connectivity index (χ0) is 23.9. The van der Waals surface area contributed by atoms with Crippen LogP contribution in [0.5, 0.6) is 0 Å². The Kier molecular flexibility index (Phi) is 5.93. The molecule has 0 aliphatic carbocycles. The number of nitrogens with one attached hydrogen (secondary N) is 1. The summed E-state index contributed by atoms with van der Waals surface area (Å²) in [5.74, 6) is -0.389. The molecule has 1 N–H and O–H groups in total. The lowest BCUT2D eigenvalue weighted by atomic mass is 10.1. The van der Waals surface area contributed by atoms with Crippen molar-refractivity contribution in [3.05, 3.63) is 71.8 Å². The van der Waals surface area contributed by atoms with E-state index in [0.29, 0.717) is 11.4 Å². The van der Waals surface area contributed by atoms with Crippen molar-refractivity contribution in [3.8, 4) is 0 Å². The number of carbonyl (C=O) groups is 1. The Morgan fingerprint density at radius 3 is 2.39 bits per heavy atom. The van der Waals surface area contributed by atoms with Crippen LogP contribution >= 0.6 is 0 Å². The van der Waals surface area contributed by atoms with Crippen molar-refractivity contribution in [2.24, 2.45) is 0 Å². The maximum atomic E-state index is 13.2. The van der Waals surface area contributed by atoms with Gasteiger partial charge < -0.3 is 9.88 Å². The second-order valence-corrected chi connectivity index (χ2v) is 10.4. The Labute approximate surface area is 194 Å². The normalized spacial score (nSPS) is 12.8. The van der Waals surface area contributed by atoms with E-state index in [0.717, 1.165) is 45.7 Å². The highest BCUT2D eigenvalue weighted by atomic mass is 32.2. The summed E-state index contributed by atoms with van der Waals surface area (Å²) in [6.07, 6.45) is 1.13. The lowest BCUT2D eigenvalue weighted by Gasteiger charge is -2.29. The van der Waals surface area contributed by atoms with Gasteiger partial charge in [-0.2, -0.15) is 0 Å². The van der Waals surface area contributed by atoms with Gasteiger partial charge in [-0.25, -0.2) is 8.42 Å². The Bertz CT molecular complexity index is 1470.